The summed E-state index contributed by atoms with van der Waals surface area (Å²) in [7, 11) is 0. The fourth-order valence-corrected chi connectivity index (χ4v) is 7.29. The molecular weight excluding hydrogens is 633 g/mol. The molecule has 0 radical (unpaired) electrons. The first-order valence-corrected chi connectivity index (χ1v) is 17.2. The first-order chi connectivity index (χ1) is 24.5. The third-order valence-electron chi connectivity index (χ3n) is 8.68. The summed E-state index contributed by atoms with van der Waals surface area (Å²) < 4.78 is 7.29. The summed E-state index contributed by atoms with van der Waals surface area (Å²) in [6, 6.07) is 52.6. The van der Waals surface area contributed by atoms with Crippen LogP contribution in [0.25, 0.3) is 65.9 Å². The molecule has 6 heteroatoms. The summed E-state index contributed by atoms with van der Waals surface area (Å²) in [5.74, 6) is 0.711. The number of aryl methyl sites for hydroxylation is 1. The Bertz CT molecular complexity index is 2570. The van der Waals surface area contributed by atoms with Crippen LogP contribution in [0.5, 0.6) is 0 Å². The lowest BCUT2D eigenvalue weighted by Crippen LogP contribution is -2.01. The topological polar surface area (TPSA) is 88.8 Å². The highest BCUT2D eigenvalue weighted by Gasteiger charge is 2.17. The van der Waals surface area contributed by atoms with E-state index in [2.05, 4.69) is 43.3 Å². The zero-order chi connectivity index (χ0) is 34.0. The van der Waals surface area contributed by atoms with Crippen molar-refractivity contribution in [3.63, 3.8) is 0 Å². The van der Waals surface area contributed by atoms with Gasteiger partial charge in [-0.15, -0.1) is 11.3 Å². The van der Waals surface area contributed by atoms with E-state index in [-0.39, 0.29) is 0 Å². The van der Waals surface area contributed by atoms with E-state index < -0.39 is 0 Å². The third-order valence-corrected chi connectivity index (χ3v) is 9.88. The Labute approximate surface area is 293 Å². The molecule has 3 N–H and O–H groups in total. The van der Waals surface area contributed by atoms with Crippen LogP contribution >= 0.6 is 11.3 Å². The van der Waals surface area contributed by atoms with Gasteiger partial charge in [-0.1, -0.05) is 133 Å². The van der Waals surface area contributed by atoms with Crippen LogP contribution in [0.3, 0.4) is 0 Å². The lowest BCUT2D eigenvalue weighted by atomic mass is 10.0. The fourth-order valence-electron chi connectivity index (χ4n) is 6.20. The summed E-state index contributed by atoms with van der Waals surface area (Å²) in [4.78, 5) is 10.8. The Morgan fingerprint density at radius 3 is 2.02 bits per heavy atom. The van der Waals surface area contributed by atoms with Gasteiger partial charge in [0.15, 0.2) is 5.82 Å². The van der Waals surface area contributed by atoms with Crippen LogP contribution in [0, 0.1) is 12.3 Å². The number of furan rings is 1. The van der Waals surface area contributed by atoms with Crippen molar-refractivity contribution in [2.75, 3.05) is 5.73 Å². The second kappa shape index (κ2) is 13.3. The number of anilines is 1. The first-order valence-electron chi connectivity index (χ1n) is 16.4. The van der Waals surface area contributed by atoms with Gasteiger partial charge < -0.3 is 10.2 Å². The Hall–Kier alpha value is -6.37. The van der Waals surface area contributed by atoms with Crippen LogP contribution in [0.2, 0.25) is 0 Å². The molecule has 0 bridgehead atoms. The molecule has 5 nitrogen and oxygen atoms in total. The van der Waals surface area contributed by atoms with Gasteiger partial charge >= 0.3 is 0 Å². The number of nitrogens with two attached hydrogens (primary N) is 1. The summed E-state index contributed by atoms with van der Waals surface area (Å²) in [6.07, 6.45) is 0. The zero-order valence-corrected chi connectivity index (χ0v) is 28.1. The van der Waals surface area contributed by atoms with Gasteiger partial charge in [-0.05, 0) is 37.3 Å². The predicted octanol–water partition coefficient (Wildman–Crippen LogP) is 11.6. The number of nitrogen functional groups attached to an aromatic ring is 1. The molecule has 3 heterocycles. The average molecular weight is 665 g/mol. The van der Waals surface area contributed by atoms with E-state index in [1.165, 1.54) is 5.56 Å². The van der Waals surface area contributed by atoms with Gasteiger partial charge in [0.2, 0.25) is 0 Å². The Kier molecular flexibility index (Phi) is 8.21. The normalized spacial score (nSPS) is 11.1. The molecule has 0 aliphatic carbocycles. The largest absolute Gasteiger partial charge is 0.456 e. The molecule has 0 atom stereocenters. The molecule has 0 saturated carbocycles. The highest BCUT2D eigenvalue weighted by Crippen LogP contribution is 2.38. The second-order valence-corrected chi connectivity index (χ2v) is 13.1. The van der Waals surface area contributed by atoms with E-state index in [0.717, 1.165) is 70.5 Å². The SMILES string of the molecule is Cc1ccc2oc3cccc(-c4cc(-c5ccccc5)nc(-c5ccccc5)n4)c3c2c1.N=C(c1ccccc1)c1sc2ccccc2c1N. The van der Waals surface area contributed by atoms with Crippen molar-refractivity contribution in [1.82, 2.24) is 9.97 Å². The van der Waals surface area contributed by atoms with Crippen molar-refractivity contribution < 1.29 is 4.42 Å². The van der Waals surface area contributed by atoms with E-state index in [0.29, 0.717) is 17.2 Å². The quantitative estimate of drug-likeness (QED) is 0.179. The monoisotopic (exact) mass is 664 g/mol. The Balaban J connectivity index is 0.000000170. The maximum absolute atomic E-state index is 8.27. The molecule has 9 rings (SSSR count). The smallest absolute Gasteiger partial charge is 0.160 e. The van der Waals surface area contributed by atoms with E-state index in [4.69, 9.17) is 25.5 Å². The van der Waals surface area contributed by atoms with Crippen molar-refractivity contribution in [2.24, 2.45) is 0 Å². The van der Waals surface area contributed by atoms with Crippen molar-refractivity contribution in [3.05, 3.63) is 174 Å². The van der Waals surface area contributed by atoms with Crippen LogP contribution in [0.15, 0.2) is 162 Å². The molecule has 0 aliphatic rings. The van der Waals surface area contributed by atoms with E-state index in [1.807, 2.05) is 121 Å². The molecule has 0 fully saturated rings. The van der Waals surface area contributed by atoms with E-state index in [1.54, 1.807) is 11.3 Å². The zero-order valence-electron chi connectivity index (χ0n) is 27.3. The number of rotatable bonds is 5. The van der Waals surface area contributed by atoms with Gasteiger partial charge in [-0.3, -0.25) is 5.41 Å². The lowest BCUT2D eigenvalue weighted by Gasteiger charge is -2.10. The molecule has 0 amide bonds. The molecule has 50 heavy (non-hydrogen) atoms. The molecule has 9 aromatic rings. The number of nitrogens with one attached hydrogen (secondary N) is 1. The van der Waals surface area contributed by atoms with Crippen LogP contribution in [0.4, 0.5) is 5.69 Å². The molecular formula is C44H32N4OS. The Morgan fingerprint density at radius 2 is 1.28 bits per heavy atom. The number of thiophene rings is 1. The summed E-state index contributed by atoms with van der Waals surface area (Å²) in [5, 5.41) is 11.5. The van der Waals surface area contributed by atoms with Gasteiger partial charge in [0.05, 0.1) is 27.7 Å². The van der Waals surface area contributed by atoms with Crippen LogP contribution in [-0.4, -0.2) is 15.7 Å². The van der Waals surface area contributed by atoms with Gasteiger partial charge in [-0.2, -0.15) is 0 Å². The maximum atomic E-state index is 8.27. The van der Waals surface area contributed by atoms with E-state index >= 15 is 0 Å². The number of hydrogen-bond acceptors (Lipinski definition) is 6. The third kappa shape index (κ3) is 5.93. The predicted molar refractivity (Wildman–Crippen MR) is 209 cm³/mol. The lowest BCUT2D eigenvalue weighted by molar-refractivity contribution is 0.669. The second-order valence-electron chi connectivity index (χ2n) is 12.1. The summed E-state index contributed by atoms with van der Waals surface area (Å²) >= 11 is 1.58. The highest BCUT2D eigenvalue weighted by molar-refractivity contribution is 7.21. The summed E-state index contributed by atoms with van der Waals surface area (Å²) in [5.41, 5.74) is 16.1. The number of hydrogen-bond donors (Lipinski definition) is 2. The van der Waals surface area contributed by atoms with Gasteiger partial charge in [0.1, 0.15) is 11.2 Å². The molecule has 3 aromatic heterocycles. The number of benzene rings is 6. The standard InChI is InChI=1S/C29H20N2O.C15H12N2S/c1-19-15-16-26-23(17-19)28-22(13-8-14-27(28)32-26)25-18-24(20-9-4-2-5-10-20)30-29(31-25)21-11-6-3-7-12-21;16-13(10-6-2-1-3-7-10)15-14(17)11-8-4-5-9-12(11)18-15/h2-18H,1H3;1-9,16H,17H2. The molecule has 0 aliphatic heterocycles. The minimum atomic E-state index is 0.495. The van der Waals surface area contributed by atoms with Crippen LogP contribution < -0.4 is 5.73 Å². The molecule has 0 saturated heterocycles. The highest BCUT2D eigenvalue weighted by atomic mass is 32.1. The van der Waals surface area contributed by atoms with Crippen LogP contribution in [0.1, 0.15) is 16.0 Å². The van der Waals surface area contributed by atoms with Gasteiger partial charge in [0.25, 0.3) is 0 Å². The minimum Gasteiger partial charge on any atom is -0.456 e. The number of aromatic nitrogens is 2. The van der Waals surface area contributed by atoms with Crippen LogP contribution in [-0.2, 0) is 0 Å². The minimum absolute atomic E-state index is 0.495. The summed E-state index contributed by atoms with van der Waals surface area (Å²) in [6.45, 7) is 2.10. The van der Waals surface area contributed by atoms with Gasteiger partial charge in [0, 0.05) is 43.1 Å². The molecule has 0 unspecified atom stereocenters. The Morgan fingerprint density at radius 1 is 0.620 bits per heavy atom. The maximum Gasteiger partial charge on any atom is 0.160 e. The van der Waals surface area contributed by atoms with E-state index in [9.17, 15) is 0 Å². The molecule has 6 aromatic carbocycles. The molecule has 240 valence electrons. The average Bonchev–Trinajstić information content (AvgIpc) is 3.72. The van der Waals surface area contributed by atoms with Crippen molar-refractivity contribution in [3.8, 4) is 33.9 Å². The van der Waals surface area contributed by atoms with Crippen molar-refractivity contribution in [2.45, 2.75) is 6.92 Å². The molecule has 0 spiro atoms. The first kappa shape index (κ1) is 30.9. The van der Waals surface area contributed by atoms with Crippen molar-refractivity contribution in [1.29, 1.82) is 5.41 Å². The van der Waals surface area contributed by atoms with Crippen molar-refractivity contribution >= 4 is 54.8 Å². The number of fused-ring (bicyclic) bond motifs is 4. The fraction of sp³-hybridized carbons (Fsp3) is 0.0227. The number of nitrogens with zero attached hydrogens (tertiary/aromatic N) is 2. The van der Waals surface area contributed by atoms with Gasteiger partial charge in [-0.25, -0.2) is 9.97 Å².